The van der Waals surface area contributed by atoms with Crippen LogP contribution in [0.4, 0.5) is 4.39 Å². The number of rotatable bonds is 7. The molecule has 30 heavy (non-hydrogen) atoms. The molecule has 160 valence electrons. The topological polar surface area (TPSA) is 25.2 Å². The van der Waals surface area contributed by atoms with E-state index in [-0.39, 0.29) is 24.0 Å². The number of hydrogen-bond donors (Lipinski definition) is 0. The summed E-state index contributed by atoms with van der Waals surface area (Å²) < 4.78 is 15.6. The monoisotopic (exact) mass is 428 g/mol. The SMILES string of the molecule is Cl.Cn1cc(C(=O)CCC2CCN(CCc3ccccc3)CC2)c2cc(F)ccc21. The van der Waals surface area contributed by atoms with E-state index in [1.807, 2.05) is 17.8 Å². The van der Waals surface area contributed by atoms with Gasteiger partial charge in [-0.25, -0.2) is 4.39 Å². The largest absolute Gasteiger partial charge is 0.350 e. The molecule has 3 aromatic rings. The van der Waals surface area contributed by atoms with Gasteiger partial charge in [-0.1, -0.05) is 30.3 Å². The van der Waals surface area contributed by atoms with E-state index in [1.54, 1.807) is 6.07 Å². The molecule has 5 heteroatoms. The Morgan fingerprint density at radius 1 is 1.10 bits per heavy atom. The van der Waals surface area contributed by atoms with Crippen LogP contribution in [0.5, 0.6) is 0 Å². The standard InChI is InChI=1S/C25H29FN2O.ClH/c1-27-18-23(22-17-21(26)8-9-24(22)27)25(29)10-7-20-12-15-28(16-13-20)14-11-19-5-3-2-4-6-19;/h2-6,8-9,17-18,20H,7,10-16H2,1H3;1H. The van der Waals surface area contributed by atoms with E-state index in [4.69, 9.17) is 0 Å². The molecule has 1 aliphatic heterocycles. The average Bonchev–Trinajstić information content (AvgIpc) is 3.07. The quantitative estimate of drug-likeness (QED) is 0.454. The van der Waals surface area contributed by atoms with Crippen LogP contribution in [0.1, 0.15) is 41.6 Å². The van der Waals surface area contributed by atoms with Crippen molar-refractivity contribution in [1.82, 2.24) is 9.47 Å². The Balaban J connectivity index is 0.00000256. The number of hydrogen-bond acceptors (Lipinski definition) is 2. The molecule has 0 radical (unpaired) electrons. The number of likely N-dealkylation sites (tertiary alicyclic amines) is 1. The van der Waals surface area contributed by atoms with E-state index >= 15 is 0 Å². The van der Waals surface area contributed by atoms with Crippen molar-refractivity contribution in [3.8, 4) is 0 Å². The number of carbonyl (C=O) groups is 1. The van der Waals surface area contributed by atoms with Crippen molar-refractivity contribution >= 4 is 29.1 Å². The molecule has 0 spiro atoms. The summed E-state index contributed by atoms with van der Waals surface area (Å²) in [4.78, 5) is 15.3. The molecule has 4 rings (SSSR count). The molecular formula is C25H30ClFN2O. The van der Waals surface area contributed by atoms with Gasteiger partial charge in [-0.3, -0.25) is 4.79 Å². The second-order valence-corrected chi connectivity index (χ2v) is 8.30. The third-order valence-electron chi connectivity index (χ3n) is 6.30. The molecule has 0 atom stereocenters. The second-order valence-electron chi connectivity index (χ2n) is 8.30. The lowest BCUT2D eigenvalue weighted by Crippen LogP contribution is -2.35. The summed E-state index contributed by atoms with van der Waals surface area (Å²) in [5, 5.41) is 0.730. The van der Waals surface area contributed by atoms with Crippen LogP contribution in [0.3, 0.4) is 0 Å². The van der Waals surface area contributed by atoms with Gasteiger partial charge in [-0.15, -0.1) is 12.4 Å². The molecule has 0 N–H and O–H groups in total. The molecule has 0 amide bonds. The van der Waals surface area contributed by atoms with Gasteiger partial charge in [0.25, 0.3) is 0 Å². The number of aromatic nitrogens is 1. The van der Waals surface area contributed by atoms with Crippen molar-refractivity contribution in [2.75, 3.05) is 19.6 Å². The number of nitrogens with zero attached hydrogens (tertiary/aromatic N) is 2. The van der Waals surface area contributed by atoms with Crippen LogP contribution < -0.4 is 0 Å². The summed E-state index contributed by atoms with van der Waals surface area (Å²) in [5.74, 6) is 0.451. The van der Waals surface area contributed by atoms with E-state index in [0.717, 1.165) is 56.2 Å². The summed E-state index contributed by atoms with van der Waals surface area (Å²) in [6, 6.07) is 15.3. The van der Waals surface area contributed by atoms with Crippen molar-refractivity contribution in [2.24, 2.45) is 13.0 Å². The van der Waals surface area contributed by atoms with Gasteiger partial charge in [0.1, 0.15) is 5.82 Å². The van der Waals surface area contributed by atoms with Crippen LogP contribution in [-0.4, -0.2) is 34.9 Å². The molecular weight excluding hydrogens is 399 g/mol. The number of aryl methyl sites for hydroxylation is 1. The van der Waals surface area contributed by atoms with Gasteiger partial charge >= 0.3 is 0 Å². The highest BCUT2D eigenvalue weighted by Crippen LogP contribution is 2.26. The van der Waals surface area contributed by atoms with Gasteiger partial charge in [-0.2, -0.15) is 0 Å². The Hall–Kier alpha value is -2.17. The van der Waals surface area contributed by atoms with Crippen molar-refractivity contribution in [3.05, 3.63) is 71.7 Å². The minimum absolute atomic E-state index is 0. The lowest BCUT2D eigenvalue weighted by Gasteiger charge is -2.31. The average molecular weight is 429 g/mol. The molecule has 0 bridgehead atoms. The Morgan fingerprint density at radius 3 is 2.57 bits per heavy atom. The zero-order valence-electron chi connectivity index (χ0n) is 17.5. The molecule has 2 heterocycles. The maximum absolute atomic E-state index is 13.6. The number of halogens is 2. The predicted octanol–water partition coefficient (Wildman–Crippen LogP) is 5.66. The summed E-state index contributed by atoms with van der Waals surface area (Å²) >= 11 is 0. The van der Waals surface area contributed by atoms with E-state index in [1.165, 1.54) is 17.7 Å². The fraction of sp³-hybridized carbons (Fsp3) is 0.400. The number of piperidine rings is 1. The molecule has 3 nitrogen and oxygen atoms in total. The minimum atomic E-state index is -0.291. The van der Waals surface area contributed by atoms with Gasteiger partial charge in [0.15, 0.2) is 5.78 Å². The lowest BCUT2D eigenvalue weighted by molar-refractivity contribution is 0.0964. The molecule has 1 aliphatic rings. The van der Waals surface area contributed by atoms with Crippen LogP contribution in [0.25, 0.3) is 10.9 Å². The third kappa shape index (κ3) is 5.30. The smallest absolute Gasteiger partial charge is 0.165 e. The zero-order chi connectivity index (χ0) is 20.2. The summed E-state index contributed by atoms with van der Waals surface area (Å²) in [6.07, 6.45) is 6.74. The van der Waals surface area contributed by atoms with E-state index in [9.17, 15) is 9.18 Å². The maximum atomic E-state index is 13.6. The van der Waals surface area contributed by atoms with Crippen molar-refractivity contribution in [1.29, 1.82) is 0 Å². The maximum Gasteiger partial charge on any atom is 0.165 e. The first-order valence-corrected chi connectivity index (χ1v) is 10.6. The van der Waals surface area contributed by atoms with Crippen LogP contribution >= 0.6 is 12.4 Å². The minimum Gasteiger partial charge on any atom is -0.350 e. The molecule has 0 unspecified atom stereocenters. The first-order valence-electron chi connectivity index (χ1n) is 10.6. The number of benzene rings is 2. The van der Waals surface area contributed by atoms with Gasteiger partial charge in [0.05, 0.1) is 0 Å². The second kappa shape index (κ2) is 10.2. The van der Waals surface area contributed by atoms with Crippen LogP contribution in [-0.2, 0) is 13.5 Å². The van der Waals surface area contributed by atoms with Crippen LogP contribution in [0.2, 0.25) is 0 Å². The number of carbonyl (C=O) groups excluding carboxylic acids is 1. The highest BCUT2D eigenvalue weighted by Gasteiger charge is 2.21. The number of ketones is 1. The molecule has 0 aliphatic carbocycles. The van der Waals surface area contributed by atoms with Gasteiger partial charge in [0.2, 0.25) is 0 Å². The highest BCUT2D eigenvalue weighted by molar-refractivity contribution is 6.08. The Morgan fingerprint density at radius 2 is 1.83 bits per heavy atom. The summed E-state index contributed by atoms with van der Waals surface area (Å²) in [5.41, 5.74) is 2.95. The fourth-order valence-corrected chi connectivity index (χ4v) is 4.49. The lowest BCUT2D eigenvalue weighted by atomic mass is 9.90. The van der Waals surface area contributed by atoms with Crippen molar-refractivity contribution < 1.29 is 9.18 Å². The number of Topliss-reactive ketones (excluding diaryl/α,β-unsaturated/α-hetero) is 1. The first kappa shape index (κ1) is 22.5. The molecule has 1 saturated heterocycles. The summed E-state index contributed by atoms with van der Waals surface area (Å²) in [7, 11) is 1.90. The molecule has 1 fully saturated rings. The predicted molar refractivity (Wildman–Crippen MR) is 123 cm³/mol. The third-order valence-corrected chi connectivity index (χ3v) is 6.30. The van der Waals surface area contributed by atoms with Gasteiger partial charge in [-0.05, 0) is 68.5 Å². The number of fused-ring (bicyclic) bond motifs is 1. The fourth-order valence-electron chi connectivity index (χ4n) is 4.49. The first-order chi connectivity index (χ1) is 14.1. The van der Waals surface area contributed by atoms with Crippen molar-refractivity contribution in [3.63, 3.8) is 0 Å². The van der Waals surface area contributed by atoms with E-state index in [0.29, 0.717) is 17.9 Å². The molecule has 1 aromatic heterocycles. The van der Waals surface area contributed by atoms with Crippen LogP contribution in [0, 0.1) is 11.7 Å². The molecule has 0 saturated carbocycles. The van der Waals surface area contributed by atoms with Gasteiger partial charge < -0.3 is 9.47 Å². The molecule has 2 aromatic carbocycles. The Labute approximate surface area is 184 Å². The van der Waals surface area contributed by atoms with E-state index in [2.05, 4.69) is 35.2 Å². The van der Waals surface area contributed by atoms with Crippen molar-refractivity contribution in [2.45, 2.75) is 32.1 Å². The van der Waals surface area contributed by atoms with Gasteiger partial charge in [0, 0.05) is 42.7 Å². The Bertz CT molecular complexity index is 977. The zero-order valence-corrected chi connectivity index (χ0v) is 18.3. The van der Waals surface area contributed by atoms with Crippen LogP contribution in [0.15, 0.2) is 54.7 Å². The van der Waals surface area contributed by atoms with E-state index < -0.39 is 0 Å². The summed E-state index contributed by atoms with van der Waals surface area (Å²) in [6.45, 7) is 3.34. The highest BCUT2D eigenvalue weighted by atomic mass is 35.5. The normalized spacial score (nSPS) is 15.3. The Kier molecular flexibility index (Phi) is 7.68.